The van der Waals surface area contributed by atoms with Gasteiger partial charge in [-0.2, -0.15) is 0 Å². The molecule has 0 aliphatic carbocycles. The maximum Gasteiger partial charge on any atom is 0.123 e. The van der Waals surface area contributed by atoms with Gasteiger partial charge < -0.3 is 9.30 Å². The van der Waals surface area contributed by atoms with E-state index in [0.717, 1.165) is 43.3 Å². The smallest absolute Gasteiger partial charge is 0.123 e. The van der Waals surface area contributed by atoms with Crippen LogP contribution in [-0.2, 0) is 13.1 Å². The Labute approximate surface area is 159 Å². The number of rotatable bonds is 10. The summed E-state index contributed by atoms with van der Waals surface area (Å²) in [7, 11) is 2.13. The van der Waals surface area contributed by atoms with Gasteiger partial charge in [0.25, 0.3) is 0 Å². The van der Waals surface area contributed by atoms with Gasteiger partial charge in [0.05, 0.1) is 19.0 Å². The van der Waals surface area contributed by atoms with E-state index < -0.39 is 0 Å². The lowest BCUT2D eigenvalue weighted by atomic mass is 10.1. The average Bonchev–Trinajstić information content (AvgIpc) is 3.36. The van der Waals surface area contributed by atoms with Crippen LogP contribution in [0.15, 0.2) is 54.6 Å². The minimum absolute atomic E-state index is 0.290. The van der Waals surface area contributed by atoms with Gasteiger partial charge in [-0.25, -0.2) is 9.97 Å². The number of ether oxygens (including phenoxy) is 1. The molecule has 0 bridgehead atoms. The Hall–Kier alpha value is -2.18. The van der Waals surface area contributed by atoms with E-state index in [9.17, 15) is 0 Å². The summed E-state index contributed by atoms with van der Waals surface area (Å²) in [5, 5.41) is 3.17. The van der Waals surface area contributed by atoms with Crippen LogP contribution in [0.25, 0.3) is 0 Å². The number of benzene rings is 1. The zero-order chi connectivity index (χ0) is 18.2. The van der Waals surface area contributed by atoms with Crippen LogP contribution in [0.3, 0.4) is 0 Å². The number of aryl methyl sites for hydroxylation is 1. The minimum Gasteiger partial charge on any atom is -0.493 e. The molecule has 0 saturated carbocycles. The van der Waals surface area contributed by atoms with Gasteiger partial charge >= 0.3 is 0 Å². The van der Waals surface area contributed by atoms with Crippen LogP contribution in [0, 0.1) is 0 Å². The van der Waals surface area contributed by atoms with Crippen LogP contribution in [-0.4, -0.2) is 33.1 Å². The molecule has 2 aromatic heterocycles. The molecule has 138 valence electrons. The number of nitrogens with zero attached hydrogens (tertiary/aromatic N) is 4. The van der Waals surface area contributed by atoms with E-state index in [1.807, 2.05) is 36.4 Å². The van der Waals surface area contributed by atoms with Gasteiger partial charge in [0, 0.05) is 42.6 Å². The van der Waals surface area contributed by atoms with Gasteiger partial charge in [-0.1, -0.05) is 18.2 Å². The Kier molecular flexibility index (Phi) is 6.80. The summed E-state index contributed by atoms with van der Waals surface area (Å²) in [4.78, 5) is 10.8. The maximum atomic E-state index is 6.06. The molecule has 0 fully saturated rings. The zero-order valence-electron chi connectivity index (χ0n) is 15.4. The van der Waals surface area contributed by atoms with Gasteiger partial charge in [0.1, 0.15) is 10.8 Å². The van der Waals surface area contributed by atoms with Gasteiger partial charge in [-0.15, -0.1) is 11.3 Å². The lowest BCUT2D eigenvalue weighted by Crippen LogP contribution is -2.22. The second-order valence-electron chi connectivity index (χ2n) is 6.43. The van der Waals surface area contributed by atoms with Gasteiger partial charge in [-0.3, -0.25) is 4.90 Å². The zero-order valence-corrected chi connectivity index (χ0v) is 16.2. The Balaban J connectivity index is 1.49. The molecule has 0 amide bonds. The van der Waals surface area contributed by atoms with Crippen molar-refractivity contribution in [1.82, 2.24) is 19.4 Å². The molecular weight excluding hydrogens is 344 g/mol. The van der Waals surface area contributed by atoms with Crippen molar-refractivity contribution in [3.8, 4) is 5.75 Å². The average molecular weight is 371 g/mol. The number of hydrogen-bond acceptors (Lipinski definition) is 5. The molecule has 0 spiro atoms. The van der Waals surface area contributed by atoms with E-state index in [1.54, 1.807) is 11.3 Å². The highest BCUT2D eigenvalue weighted by Gasteiger charge is 2.15. The SMILES string of the molecule is C[C@H](c1nccs1)N(C)Cc1ccccc1OCCCCn1ccnc1. The minimum atomic E-state index is 0.290. The van der Waals surface area contributed by atoms with Crippen LogP contribution >= 0.6 is 11.3 Å². The van der Waals surface area contributed by atoms with Crippen molar-refractivity contribution in [3.63, 3.8) is 0 Å². The molecule has 6 heteroatoms. The molecule has 0 saturated heterocycles. The molecule has 0 aliphatic rings. The topological polar surface area (TPSA) is 43.2 Å². The van der Waals surface area contributed by atoms with Crippen molar-refractivity contribution in [2.45, 2.75) is 38.9 Å². The van der Waals surface area contributed by atoms with Crippen LogP contribution in [0.1, 0.15) is 36.4 Å². The molecule has 3 rings (SSSR count). The van der Waals surface area contributed by atoms with Gasteiger partial charge in [-0.05, 0) is 32.9 Å². The van der Waals surface area contributed by atoms with Crippen molar-refractivity contribution >= 4 is 11.3 Å². The fourth-order valence-corrected chi connectivity index (χ4v) is 3.57. The predicted octanol–water partition coefficient (Wildman–Crippen LogP) is 4.39. The number of imidazole rings is 1. The summed E-state index contributed by atoms with van der Waals surface area (Å²) in [6.07, 6.45) is 9.64. The molecule has 0 aliphatic heterocycles. The van der Waals surface area contributed by atoms with E-state index in [1.165, 1.54) is 5.56 Å². The first kappa shape index (κ1) is 18.6. The number of aromatic nitrogens is 3. The third kappa shape index (κ3) is 5.16. The third-order valence-electron chi connectivity index (χ3n) is 4.49. The molecule has 2 heterocycles. The first-order valence-electron chi connectivity index (χ1n) is 9.00. The van der Waals surface area contributed by atoms with E-state index in [0.29, 0.717) is 6.04 Å². The first-order valence-corrected chi connectivity index (χ1v) is 9.88. The standard InChI is InChI=1S/C20H26N4OS/c1-17(20-22-10-14-26-20)23(2)15-18-7-3-4-8-19(18)25-13-6-5-11-24-12-9-21-16-24/h3-4,7-10,12,14,16-17H,5-6,11,13,15H2,1-2H3/t17-/m1/s1. The van der Waals surface area contributed by atoms with Crippen LogP contribution in [0.4, 0.5) is 0 Å². The Bertz CT molecular complexity index is 758. The molecule has 0 N–H and O–H groups in total. The number of para-hydroxylation sites is 1. The first-order chi connectivity index (χ1) is 12.7. The number of hydrogen-bond donors (Lipinski definition) is 0. The Morgan fingerprint density at radius 1 is 1.23 bits per heavy atom. The second-order valence-corrected chi connectivity index (χ2v) is 7.35. The fourth-order valence-electron chi connectivity index (χ4n) is 2.81. The molecule has 5 nitrogen and oxygen atoms in total. The largest absolute Gasteiger partial charge is 0.493 e. The van der Waals surface area contributed by atoms with Crippen LogP contribution < -0.4 is 4.74 Å². The summed E-state index contributed by atoms with van der Waals surface area (Å²) >= 11 is 1.70. The summed E-state index contributed by atoms with van der Waals surface area (Å²) in [5.74, 6) is 0.980. The van der Waals surface area contributed by atoms with Crippen molar-refractivity contribution in [1.29, 1.82) is 0 Å². The molecule has 26 heavy (non-hydrogen) atoms. The van der Waals surface area contributed by atoms with Crippen LogP contribution in [0.2, 0.25) is 0 Å². The highest BCUT2D eigenvalue weighted by atomic mass is 32.1. The quantitative estimate of drug-likeness (QED) is 0.496. The molecule has 1 aromatic carbocycles. The highest BCUT2D eigenvalue weighted by molar-refractivity contribution is 7.09. The predicted molar refractivity (Wildman–Crippen MR) is 105 cm³/mol. The van der Waals surface area contributed by atoms with Crippen molar-refractivity contribution in [2.24, 2.45) is 0 Å². The molecular formula is C20H26N4OS. The summed E-state index contributed by atoms with van der Waals surface area (Å²) in [6, 6.07) is 8.61. The molecule has 1 atom stereocenters. The van der Waals surface area contributed by atoms with Crippen LogP contribution in [0.5, 0.6) is 5.75 Å². The third-order valence-corrected chi connectivity index (χ3v) is 5.44. The second kappa shape index (κ2) is 9.50. The fraction of sp³-hybridized carbons (Fsp3) is 0.400. The summed E-state index contributed by atoms with van der Waals surface area (Å²) in [6.45, 7) is 4.75. The van der Waals surface area contributed by atoms with E-state index in [-0.39, 0.29) is 0 Å². The summed E-state index contributed by atoms with van der Waals surface area (Å²) < 4.78 is 8.16. The lowest BCUT2D eigenvalue weighted by Gasteiger charge is -2.24. The Morgan fingerprint density at radius 3 is 2.88 bits per heavy atom. The van der Waals surface area contributed by atoms with Gasteiger partial charge in [0.15, 0.2) is 0 Å². The van der Waals surface area contributed by atoms with Crippen molar-refractivity contribution < 1.29 is 4.74 Å². The normalized spacial score (nSPS) is 12.4. The lowest BCUT2D eigenvalue weighted by molar-refractivity contribution is 0.242. The number of unbranched alkanes of at least 4 members (excludes halogenated alkanes) is 1. The van der Waals surface area contributed by atoms with E-state index in [4.69, 9.17) is 4.74 Å². The summed E-state index contributed by atoms with van der Waals surface area (Å²) in [5.41, 5.74) is 1.22. The van der Waals surface area contributed by atoms with E-state index >= 15 is 0 Å². The maximum absolute atomic E-state index is 6.06. The van der Waals surface area contributed by atoms with Crippen molar-refractivity contribution in [2.75, 3.05) is 13.7 Å². The monoisotopic (exact) mass is 370 g/mol. The van der Waals surface area contributed by atoms with E-state index in [2.05, 4.69) is 51.6 Å². The number of thiazole rings is 1. The molecule has 0 unspecified atom stereocenters. The highest BCUT2D eigenvalue weighted by Crippen LogP contribution is 2.26. The Morgan fingerprint density at radius 2 is 2.12 bits per heavy atom. The van der Waals surface area contributed by atoms with Crippen molar-refractivity contribution in [3.05, 3.63) is 65.1 Å². The molecule has 3 aromatic rings. The van der Waals surface area contributed by atoms with Gasteiger partial charge in [0.2, 0.25) is 0 Å². The molecule has 0 radical (unpaired) electrons.